The fourth-order valence-corrected chi connectivity index (χ4v) is 5.23. The summed E-state index contributed by atoms with van der Waals surface area (Å²) in [5.74, 6) is 0.159. The third-order valence-corrected chi connectivity index (χ3v) is 7.24. The topological polar surface area (TPSA) is 102 Å². The minimum absolute atomic E-state index is 0.186. The first kappa shape index (κ1) is 25.1. The smallest absolute Gasteiger partial charge is 0.259 e. The van der Waals surface area contributed by atoms with Crippen molar-refractivity contribution in [2.24, 2.45) is 0 Å². The quantitative estimate of drug-likeness (QED) is 0.380. The summed E-state index contributed by atoms with van der Waals surface area (Å²) in [7, 11) is 1.59. The molecular weight excluding hydrogens is 480 g/mol. The van der Waals surface area contributed by atoms with Crippen LogP contribution in [0.25, 0.3) is 5.69 Å². The molecule has 9 nitrogen and oxygen atoms in total. The number of amides is 2. The molecule has 194 valence electrons. The van der Waals surface area contributed by atoms with Crippen molar-refractivity contribution in [2.45, 2.75) is 45.1 Å². The highest BCUT2D eigenvalue weighted by Crippen LogP contribution is 2.41. The van der Waals surface area contributed by atoms with E-state index in [0.29, 0.717) is 29.8 Å². The predicted molar refractivity (Wildman–Crippen MR) is 145 cm³/mol. The first-order valence-electron chi connectivity index (χ1n) is 12.6. The molecule has 0 saturated heterocycles. The molecule has 1 aromatic heterocycles. The largest absolute Gasteiger partial charge is 0.497 e. The molecule has 1 aliphatic carbocycles. The number of aromatic nitrogens is 4. The normalized spacial score (nSPS) is 14.2. The minimum Gasteiger partial charge on any atom is -0.497 e. The van der Waals surface area contributed by atoms with Gasteiger partial charge in [-0.3, -0.25) is 14.5 Å². The monoisotopic (exact) mass is 510 g/mol. The molecule has 1 saturated carbocycles. The van der Waals surface area contributed by atoms with Crippen LogP contribution in [0.2, 0.25) is 0 Å². The lowest BCUT2D eigenvalue weighted by atomic mass is 9.91. The van der Waals surface area contributed by atoms with Crippen molar-refractivity contribution < 1.29 is 14.3 Å². The van der Waals surface area contributed by atoms with Crippen molar-refractivity contribution in [3.63, 3.8) is 0 Å². The Morgan fingerprint density at radius 1 is 0.974 bits per heavy atom. The highest BCUT2D eigenvalue weighted by atomic mass is 16.5. The zero-order valence-corrected chi connectivity index (χ0v) is 21.7. The van der Waals surface area contributed by atoms with Crippen molar-refractivity contribution >= 4 is 23.2 Å². The summed E-state index contributed by atoms with van der Waals surface area (Å²) in [6.07, 6.45) is 4.27. The molecule has 4 aromatic rings. The van der Waals surface area contributed by atoms with E-state index < -0.39 is 5.54 Å². The molecule has 3 aromatic carbocycles. The number of hydrogen-bond donors (Lipinski definition) is 1. The van der Waals surface area contributed by atoms with Gasteiger partial charge in [-0.2, -0.15) is 0 Å². The van der Waals surface area contributed by atoms with Crippen LogP contribution < -0.4 is 15.0 Å². The highest BCUT2D eigenvalue weighted by molar-refractivity contribution is 6.14. The molecule has 1 aliphatic rings. The third-order valence-electron chi connectivity index (χ3n) is 7.24. The Morgan fingerprint density at radius 2 is 1.66 bits per heavy atom. The van der Waals surface area contributed by atoms with Crippen LogP contribution in [-0.4, -0.2) is 44.7 Å². The summed E-state index contributed by atoms with van der Waals surface area (Å²) in [6, 6.07) is 20.3. The Hall–Kier alpha value is -4.53. The van der Waals surface area contributed by atoms with E-state index in [-0.39, 0.29) is 11.8 Å². The average Bonchev–Trinajstić information content (AvgIpc) is 3.65. The summed E-state index contributed by atoms with van der Waals surface area (Å²) in [6.45, 7) is 3.95. The van der Waals surface area contributed by atoms with Gasteiger partial charge in [0.1, 0.15) is 17.6 Å². The molecule has 38 heavy (non-hydrogen) atoms. The van der Waals surface area contributed by atoms with E-state index in [4.69, 9.17) is 4.74 Å². The number of benzene rings is 3. The zero-order valence-electron chi connectivity index (χ0n) is 21.7. The van der Waals surface area contributed by atoms with Gasteiger partial charge in [0.05, 0.1) is 12.8 Å². The average molecular weight is 511 g/mol. The first-order valence-corrected chi connectivity index (χ1v) is 12.6. The fraction of sp³-hybridized carbons (Fsp3) is 0.276. The minimum atomic E-state index is -1.06. The first-order chi connectivity index (χ1) is 18.4. The van der Waals surface area contributed by atoms with Gasteiger partial charge in [0.15, 0.2) is 0 Å². The number of methoxy groups -OCH3 is 1. The van der Waals surface area contributed by atoms with Gasteiger partial charge >= 0.3 is 0 Å². The van der Waals surface area contributed by atoms with E-state index in [1.165, 1.54) is 11.0 Å². The summed E-state index contributed by atoms with van der Waals surface area (Å²) >= 11 is 0. The second-order valence-corrected chi connectivity index (χ2v) is 9.60. The maximum absolute atomic E-state index is 14.3. The molecule has 0 aliphatic heterocycles. The molecule has 0 spiro atoms. The maximum Gasteiger partial charge on any atom is 0.259 e. The van der Waals surface area contributed by atoms with Crippen LogP contribution in [0.3, 0.4) is 0 Å². The van der Waals surface area contributed by atoms with E-state index in [0.717, 1.165) is 35.3 Å². The Kier molecular flexibility index (Phi) is 6.91. The second kappa shape index (κ2) is 10.5. The molecule has 0 atom stereocenters. The standard InChI is InChI=1S/C29H30N6O3/c1-20-8-6-9-21(2)26(20)31-28(37)29(16-4-5-17-29)35(24-10-7-11-25(18-24)38-3)27(36)22-12-14-23(15-13-22)34-19-30-32-33-34/h6-15,18-19H,4-5,16-17H2,1-3H3,(H,31,37). The maximum atomic E-state index is 14.3. The van der Waals surface area contributed by atoms with Gasteiger partial charge < -0.3 is 10.1 Å². The van der Waals surface area contributed by atoms with E-state index in [1.54, 1.807) is 42.3 Å². The summed E-state index contributed by atoms with van der Waals surface area (Å²) in [4.78, 5) is 30.1. The Morgan fingerprint density at radius 3 is 2.29 bits per heavy atom. The number of tetrazole rings is 1. The second-order valence-electron chi connectivity index (χ2n) is 9.60. The molecule has 9 heteroatoms. The molecule has 1 N–H and O–H groups in total. The lowest BCUT2D eigenvalue weighted by Gasteiger charge is -2.40. The zero-order chi connectivity index (χ0) is 26.7. The van der Waals surface area contributed by atoms with Crippen LogP contribution in [-0.2, 0) is 4.79 Å². The van der Waals surface area contributed by atoms with E-state index in [9.17, 15) is 9.59 Å². The van der Waals surface area contributed by atoms with E-state index in [2.05, 4.69) is 20.8 Å². The lowest BCUT2D eigenvalue weighted by Crippen LogP contribution is -2.58. The molecule has 2 amide bonds. The summed E-state index contributed by atoms with van der Waals surface area (Å²) in [5.41, 5.74) is 3.46. The molecule has 5 rings (SSSR count). The van der Waals surface area contributed by atoms with Crippen molar-refractivity contribution in [3.8, 4) is 11.4 Å². The van der Waals surface area contributed by atoms with Crippen LogP contribution >= 0.6 is 0 Å². The summed E-state index contributed by atoms with van der Waals surface area (Å²) in [5, 5.41) is 14.4. The van der Waals surface area contributed by atoms with Gasteiger partial charge in [0.25, 0.3) is 11.8 Å². The number of nitrogens with zero attached hydrogens (tertiary/aromatic N) is 5. The van der Waals surface area contributed by atoms with Crippen molar-refractivity contribution in [2.75, 3.05) is 17.3 Å². The van der Waals surface area contributed by atoms with Crippen LogP contribution in [0.5, 0.6) is 5.75 Å². The molecule has 0 radical (unpaired) electrons. The van der Waals surface area contributed by atoms with E-state index >= 15 is 0 Å². The van der Waals surface area contributed by atoms with Crippen molar-refractivity contribution in [1.29, 1.82) is 0 Å². The number of ether oxygens (including phenoxy) is 1. The number of hydrogen-bond acceptors (Lipinski definition) is 6. The molecule has 0 unspecified atom stereocenters. The lowest BCUT2D eigenvalue weighted by molar-refractivity contribution is -0.121. The number of aryl methyl sites for hydroxylation is 2. The fourth-order valence-electron chi connectivity index (χ4n) is 5.23. The Labute approximate surface area is 221 Å². The van der Waals surface area contributed by atoms with Crippen LogP contribution in [0.1, 0.15) is 47.2 Å². The molecule has 0 bridgehead atoms. The van der Waals surface area contributed by atoms with Crippen molar-refractivity contribution in [3.05, 3.63) is 89.7 Å². The van der Waals surface area contributed by atoms with Crippen molar-refractivity contribution in [1.82, 2.24) is 20.2 Å². The predicted octanol–water partition coefficient (Wildman–Crippen LogP) is 4.89. The Bertz CT molecular complexity index is 1420. The number of nitrogens with one attached hydrogen (secondary N) is 1. The van der Waals surface area contributed by atoms with Crippen LogP contribution in [0.15, 0.2) is 73.1 Å². The molecular formula is C29H30N6O3. The van der Waals surface area contributed by atoms with Gasteiger partial charge in [-0.05, 0) is 84.6 Å². The number of anilines is 2. The van der Waals surface area contributed by atoms with Gasteiger partial charge in [-0.15, -0.1) is 5.10 Å². The number of carbonyl (C=O) groups is 2. The van der Waals surface area contributed by atoms with Crippen LogP contribution in [0.4, 0.5) is 11.4 Å². The van der Waals surface area contributed by atoms with E-state index in [1.807, 2.05) is 50.2 Å². The Balaban J connectivity index is 1.58. The number of rotatable bonds is 7. The highest BCUT2D eigenvalue weighted by Gasteiger charge is 2.49. The van der Waals surface area contributed by atoms with Crippen LogP contribution in [0, 0.1) is 13.8 Å². The molecule has 1 fully saturated rings. The van der Waals surface area contributed by atoms with Gasteiger partial charge in [0, 0.05) is 23.0 Å². The third kappa shape index (κ3) is 4.63. The number of para-hydroxylation sites is 1. The molecule has 1 heterocycles. The number of carbonyl (C=O) groups excluding carboxylic acids is 2. The summed E-state index contributed by atoms with van der Waals surface area (Å²) < 4.78 is 6.99. The van der Waals surface area contributed by atoms with Gasteiger partial charge in [-0.1, -0.05) is 37.1 Å². The van der Waals surface area contributed by atoms with Gasteiger partial charge in [0.2, 0.25) is 0 Å². The van der Waals surface area contributed by atoms with Gasteiger partial charge in [-0.25, -0.2) is 4.68 Å². The SMILES string of the molecule is COc1cccc(N(C(=O)c2ccc(-n3cnnn3)cc2)C2(C(=O)Nc3c(C)cccc3C)CCCC2)c1.